The van der Waals surface area contributed by atoms with Crippen LogP contribution in [-0.4, -0.2) is 48.4 Å². The number of aliphatic hydroxyl groups is 1. The van der Waals surface area contributed by atoms with Crippen LogP contribution in [0.3, 0.4) is 0 Å². The highest BCUT2D eigenvalue weighted by molar-refractivity contribution is 5.54. The summed E-state index contributed by atoms with van der Waals surface area (Å²) in [5, 5.41) is 20.1. The predicted octanol–water partition coefficient (Wildman–Crippen LogP) is 8.63. The number of unbranched alkanes of at least 4 members (excludes halogenated alkanes) is 1. The molecule has 48 heavy (non-hydrogen) atoms. The Morgan fingerprint density at radius 1 is 1.23 bits per heavy atom. The van der Waals surface area contributed by atoms with Gasteiger partial charge in [-0.1, -0.05) is 86.6 Å². The second-order valence-electron chi connectivity index (χ2n) is 14.5. The first-order valence-electron chi connectivity index (χ1n) is 17.7. The number of fused-ring (bicyclic) bond motifs is 3. The van der Waals surface area contributed by atoms with Gasteiger partial charge >= 0.3 is 0 Å². The zero-order valence-electron chi connectivity index (χ0n) is 30.0. The molecule has 260 valence electrons. The molecule has 1 aromatic heterocycles. The summed E-state index contributed by atoms with van der Waals surface area (Å²) < 4.78 is 18.2. The van der Waals surface area contributed by atoms with Crippen molar-refractivity contribution < 1.29 is 23.8 Å². The maximum absolute atomic E-state index is 12.1. The van der Waals surface area contributed by atoms with Crippen LogP contribution in [0.2, 0.25) is 0 Å². The Hall–Kier alpha value is -3.31. The lowest BCUT2D eigenvalue weighted by Gasteiger charge is -2.53. The fourth-order valence-corrected chi connectivity index (χ4v) is 7.60. The zero-order chi connectivity index (χ0) is 34.8. The van der Waals surface area contributed by atoms with Crippen LogP contribution >= 0.6 is 0 Å². The summed E-state index contributed by atoms with van der Waals surface area (Å²) in [7, 11) is 1.75. The number of aryl methyl sites for hydroxylation is 1. The number of hydrogen-bond acceptors (Lipinski definition) is 7. The summed E-state index contributed by atoms with van der Waals surface area (Å²) >= 11 is 0. The molecular formula is C41H56N2O5. The highest BCUT2D eigenvalue weighted by Gasteiger charge is 2.51. The molecule has 1 saturated carbocycles. The number of rotatable bonds is 8. The second kappa shape index (κ2) is 17.4. The molecule has 10 atom stereocenters. The number of allylic oxidation sites excluding steroid dienone is 8. The van der Waals surface area contributed by atoms with Crippen LogP contribution in [0.25, 0.3) is 6.08 Å². The second-order valence-corrected chi connectivity index (χ2v) is 14.5. The summed E-state index contributed by atoms with van der Waals surface area (Å²) in [5.41, 5.74) is 2.88. The van der Waals surface area contributed by atoms with Gasteiger partial charge in [0.15, 0.2) is 5.89 Å². The van der Waals surface area contributed by atoms with Crippen molar-refractivity contribution in [1.29, 1.82) is 5.26 Å². The number of nitrogens with zero attached hydrogens (tertiary/aromatic N) is 2. The van der Waals surface area contributed by atoms with Gasteiger partial charge in [0.1, 0.15) is 17.7 Å². The highest BCUT2D eigenvalue weighted by Crippen LogP contribution is 2.55. The van der Waals surface area contributed by atoms with Crippen LogP contribution in [0.4, 0.5) is 0 Å². The molecule has 2 heterocycles. The predicted molar refractivity (Wildman–Crippen MR) is 191 cm³/mol. The number of aldehydes is 1. The van der Waals surface area contributed by atoms with Gasteiger partial charge < -0.3 is 23.8 Å². The largest absolute Gasteiger partial charge is 0.445 e. The van der Waals surface area contributed by atoms with Crippen molar-refractivity contribution in [2.75, 3.05) is 13.7 Å². The maximum atomic E-state index is 12.1. The minimum atomic E-state index is -0.429. The average molecular weight is 657 g/mol. The number of carbonyl (C=O) groups is 1. The van der Waals surface area contributed by atoms with Crippen LogP contribution in [0, 0.1) is 53.3 Å². The van der Waals surface area contributed by atoms with Crippen molar-refractivity contribution in [2.45, 2.75) is 104 Å². The number of nitriles is 1. The molecule has 3 aliphatic rings. The Morgan fingerprint density at radius 2 is 2.00 bits per heavy atom. The lowest BCUT2D eigenvalue weighted by molar-refractivity contribution is -0.113. The Balaban J connectivity index is 1.63. The van der Waals surface area contributed by atoms with E-state index in [1.165, 1.54) is 5.57 Å². The van der Waals surface area contributed by atoms with Crippen LogP contribution in [0.15, 0.2) is 70.2 Å². The Labute approximate surface area is 288 Å². The average Bonchev–Trinajstić information content (AvgIpc) is 3.44. The number of methoxy groups -OCH3 is 1. The molecule has 1 fully saturated rings. The van der Waals surface area contributed by atoms with E-state index < -0.39 is 6.10 Å². The van der Waals surface area contributed by atoms with E-state index in [0.29, 0.717) is 31.8 Å². The Morgan fingerprint density at radius 3 is 2.73 bits per heavy atom. The highest BCUT2D eigenvalue weighted by atomic mass is 16.5. The number of hydrogen-bond donors (Lipinski definition) is 1. The molecule has 1 aromatic rings. The Kier molecular flexibility index (Phi) is 13.6. The number of ether oxygens (including phenoxy) is 2. The summed E-state index contributed by atoms with van der Waals surface area (Å²) in [6, 6.07) is 2.20. The van der Waals surface area contributed by atoms with Crippen LogP contribution < -0.4 is 0 Å². The number of oxazole rings is 1. The normalized spacial score (nSPS) is 33.7. The van der Waals surface area contributed by atoms with Crippen molar-refractivity contribution in [3.63, 3.8) is 0 Å². The molecule has 1 aliphatic heterocycles. The van der Waals surface area contributed by atoms with E-state index in [2.05, 4.69) is 89.3 Å². The monoisotopic (exact) mass is 656 g/mol. The van der Waals surface area contributed by atoms with E-state index >= 15 is 0 Å². The topological polar surface area (TPSA) is 106 Å². The first kappa shape index (κ1) is 37.5. The van der Waals surface area contributed by atoms with E-state index in [-0.39, 0.29) is 53.1 Å². The summed E-state index contributed by atoms with van der Waals surface area (Å²) in [4.78, 5) is 16.9. The maximum Gasteiger partial charge on any atom is 0.197 e. The van der Waals surface area contributed by atoms with Gasteiger partial charge in [0.25, 0.3) is 0 Å². The molecule has 10 unspecified atom stereocenters. The van der Waals surface area contributed by atoms with E-state index in [0.717, 1.165) is 42.6 Å². The molecule has 0 bridgehead atoms. The lowest BCUT2D eigenvalue weighted by atomic mass is 9.53. The van der Waals surface area contributed by atoms with Crippen molar-refractivity contribution in [3.05, 3.63) is 83.2 Å². The van der Waals surface area contributed by atoms with Crippen molar-refractivity contribution in [1.82, 2.24) is 4.98 Å². The number of carbonyl (C=O) groups excluding carboxylic acids is 1. The standard InChI is InChI=1S/C41H56N2O5/c1-27-15-16-32(25-44)26-47-38(18-17-36-31(5)48-40(43-36)29(3)13-10-11-21-42)28(2)12-8-9-14-33-22-30(4)39-35(41(33,6)20-19-27)23-34(46-7)24-37(39)45/h8-9,12,14-15,17-20,22,25,28-29,32-35,37-39,45H,10-11,13,16,23-24,26H2,1-7H3. The summed E-state index contributed by atoms with van der Waals surface area (Å²) in [6.45, 7) is 13.0. The molecule has 0 radical (unpaired) electrons. The first-order valence-corrected chi connectivity index (χ1v) is 17.7. The van der Waals surface area contributed by atoms with E-state index in [1.54, 1.807) is 7.11 Å². The first-order chi connectivity index (χ1) is 23.0. The summed E-state index contributed by atoms with van der Waals surface area (Å²) in [5.74, 6) is 1.78. The molecule has 0 spiro atoms. The van der Waals surface area contributed by atoms with E-state index in [4.69, 9.17) is 24.1 Å². The fraction of sp³-hybridized carbons (Fsp3) is 0.585. The van der Waals surface area contributed by atoms with Gasteiger partial charge in [0, 0.05) is 49.5 Å². The third-order valence-corrected chi connectivity index (χ3v) is 10.8. The molecule has 2 aliphatic carbocycles. The van der Waals surface area contributed by atoms with Gasteiger partial charge in [-0.2, -0.15) is 5.26 Å². The summed E-state index contributed by atoms with van der Waals surface area (Å²) in [6.07, 6.45) is 26.3. The number of aliphatic hydroxyl groups excluding tert-OH is 1. The molecular weight excluding hydrogens is 600 g/mol. The molecule has 0 amide bonds. The molecule has 4 rings (SSSR count). The van der Waals surface area contributed by atoms with E-state index in [1.807, 2.05) is 19.1 Å². The van der Waals surface area contributed by atoms with Gasteiger partial charge in [-0.05, 0) is 63.9 Å². The smallest absolute Gasteiger partial charge is 0.197 e. The van der Waals surface area contributed by atoms with E-state index in [9.17, 15) is 9.90 Å². The van der Waals surface area contributed by atoms with Crippen molar-refractivity contribution in [2.24, 2.45) is 35.0 Å². The van der Waals surface area contributed by atoms with Gasteiger partial charge in [-0.3, -0.25) is 0 Å². The zero-order valence-corrected chi connectivity index (χ0v) is 30.0. The Bertz CT molecular complexity index is 1460. The van der Waals surface area contributed by atoms with Gasteiger partial charge in [0.05, 0.1) is 31.0 Å². The fourth-order valence-electron chi connectivity index (χ4n) is 7.60. The van der Waals surface area contributed by atoms with Crippen molar-refractivity contribution in [3.8, 4) is 6.07 Å². The van der Waals surface area contributed by atoms with Gasteiger partial charge in [-0.25, -0.2) is 4.98 Å². The van der Waals surface area contributed by atoms with Crippen LogP contribution in [0.5, 0.6) is 0 Å². The molecule has 0 saturated heterocycles. The molecule has 7 heteroatoms. The van der Waals surface area contributed by atoms with Crippen LogP contribution in [-0.2, 0) is 14.3 Å². The third-order valence-electron chi connectivity index (χ3n) is 10.8. The van der Waals surface area contributed by atoms with Crippen molar-refractivity contribution >= 4 is 12.4 Å². The molecule has 0 aromatic carbocycles. The van der Waals surface area contributed by atoms with Gasteiger partial charge in [0.2, 0.25) is 0 Å². The molecule has 1 N–H and O–H groups in total. The quantitative estimate of drug-likeness (QED) is 0.170. The van der Waals surface area contributed by atoms with Gasteiger partial charge in [-0.15, -0.1) is 0 Å². The number of aromatic nitrogens is 1. The van der Waals surface area contributed by atoms with Crippen LogP contribution in [0.1, 0.15) is 96.4 Å². The third kappa shape index (κ3) is 9.22. The minimum absolute atomic E-state index is 0.0233. The lowest BCUT2D eigenvalue weighted by Crippen LogP contribution is -2.50. The minimum Gasteiger partial charge on any atom is -0.445 e. The molecule has 7 nitrogen and oxygen atoms in total. The SMILES string of the molecule is COC1CC(O)C2C(C)=CC3C=CC=CC(C)C(C=Cc4nc(C(C)CCCC#N)oc4C)OCC(C=O)CC=C(C)C=CC3(C)C2C1.